The Bertz CT molecular complexity index is 1180. The number of fused-ring (bicyclic) bond motifs is 1. The number of nitrogens with zero attached hydrogens (tertiary/aromatic N) is 4. The van der Waals surface area contributed by atoms with Crippen LogP contribution in [0.3, 0.4) is 0 Å². The van der Waals surface area contributed by atoms with Gasteiger partial charge in [0, 0.05) is 24.0 Å². The minimum Gasteiger partial charge on any atom is -0.312 e. The van der Waals surface area contributed by atoms with Gasteiger partial charge in [0.25, 0.3) is 0 Å². The zero-order valence-electron chi connectivity index (χ0n) is 18.0. The third kappa shape index (κ3) is 4.28. The third-order valence-electron chi connectivity index (χ3n) is 5.88. The Kier molecular flexibility index (Phi) is 5.97. The molecular weight excluding hydrogens is 388 g/mol. The molecule has 0 saturated carbocycles. The summed E-state index contributed by atoms with van der Waals surface area (Å²) in [5, 5.41) is 0. The Morgan fingerprint density at radius 3 is 2.48 bits per heavy atom. The lowest BCUT2D eigenvalue weighted by molar-refractivity contribution is -0.116. The molecule has 0 N–H and O–H groups in total. The maximum Gasteiger partial charge on any atom is 0.187 e. The van der Waals surface area contributed by atoms with Gasteiger partial charge in [0.1, 0.15) is 5.78 Å². The van der Waals surface area contributed by atoms with E-state index in [1.807, 2.05) is 29.7 Å². The second kappa shape index (κ2) is 8.83. The van der Waals surface area contributed by atoms with Crippen LogP contribution < -0.4 is 0 Å². The van der Waals surface area contributed by atoms with Gasteiger partial charge in [-0.1, -0.05) is 18.6 Å². The Morgan fingerprint density at radius 2 is 1.84 bits per heavy atom. The molecule has 0 atom stereocenters. The van der Waals surface area contributed by atoms with E-state index in [1.165, 1.54) is 6.42 Å². The van der Waals surface area contributed by atoms with Gasteiger partial charge in [-0.2, -0.15) is 0 Å². The summed E-state index contributed by atoms with van der Waals surface area (Å²) in [7, 11) is 0. The van der Waals surface area contributed by atoms with Crippen molar-refractivity contribution in [3.63, 3.8) is 0 Å². The zero-order valence-corrected chi connectivity index (χ0v) is 18.0. The topological polar surface area (TPSA) is 59.6 Å². The van der Waals surface area contributed by atoms with Crippen LogP contribution in [0.2, 0.25) is 0 Å². The number of carbonyl (C=O) groups excluding carboxylic acids is 2. The molecule has 1 aliphatic rings. The van der Waals surface area contributed by atoms with E-state index in [0.29, 0.717) is 29.7 Å². The highest BCUT2D eigenvalue weighted by molar-refractivity contribution is 6.09. The van der Waals surface area contributed by atoms with Gasteiger partial charge in [0.15, 0.2) is 11.5 Å². The molecule has 1 saturated heterocycles. The molecule has 0 aliphatic carbocycles. The first-order valence-corrected chi connectivity index (χ1v) is 10.7. The molecule has 1 aromatic carbocycles. The number of Topliss-reactive ketones (excluding diaryl/α,β-unsaturated/α-hetero) is 2. The SMILES string of the molecule is [C-]#[N+]c1ccc(-n2c(C)c(C(=O)CN3CCCCC3)c3ncc(CC(C)=O)cc32)cc1. The highest BCUT2D eigenvalue weighted by atomic mass is 16.1. The van der Waals surface area contributed by atoms with Crippen LogP contribution in [0.5, 0.6) is 0 Å². The fourth-order valence-electron chi connectivity index (χ4n) is 4.45. The fraction of sp³-hybridized carbons (Fsp3) is 0.360. The van der Waals surface area contributed by atoms with Crippen LogP contribution in [0.4, 0.5) is 5.69 Å². The average Bonchev–Trinajstić information content (AvgIpc) is 3.05. The molecule has 3 heterocycles. The predicted octanol–water partition coefficient (Wildman–Crippen LogP) is 4.68. The van der Waals surface area contributed by atoms with Crippen LogP contribution in [-0.4, -0.2) is 45.7 Å². The summed E-state index contributed by atoms with van der Waals surface area (Å²) in [5.41, 5.74) is 5.22. The molecule has 6 nitrogen and oxygen atoms in total. The van der Waals surface area contributed by atoms with Crippen LogP contribution in [-0.2, 0) is 11.2 Å². The van der Waals surface area contributed by atoms with Gasteiger partial charge < -0.3 is 4.57 Å². The summed E-state index contributed by atoms with van der Waals surface area (Å²) in [4.78, 5) is 35.3. The van der Waals surface area contributed by atoms with Gasteiger partial charge in [-0.25, -0.2) is 4.85 Å². The summed E-state index contributed by atoms with van der Waals surface area (Å²) in [6.07, 6.45) is 5.50. The molecule has 0 amide bonds. The number of carbonyl (C=O) groups is 2. The van der Waals surface area contributed by atoms with Crippen molar-refractivity contribution in [1.29, 1.82) is 0 Å². The van der Waals surface area contributed by atoms with E-state index >= 15 is 0 Å². The third-order valence-corrected chi connectivity index (χ3v) is 5.88. The lowest BCUT2D eigenvalue weighted by Crippen LogP contribution is -2.34. The van der Waals surface area contributed by atoms with Crippen LogP contribution in [0.25, 0.3) is 21.6 Å². The van der Waals surface area contributed by atoms with Gasteiger partial charge >= 0.3 is 0 Å². The lowest BCUT2D eigenvalue weighted by atomic mass is 10.1. The van der Waals surface area contributed by atoms with Gasteiger partial charge in [-0.05, 0) is 63.5 Å². The van der Waals surface area contributed by atoms with Crippen LogP contribution >= 0.6 is 0 Å². The Labute approximate surface area is 182 Å². The van der Waals surface area contributed by atoms with E-state index in [9.17, 15) is 9.59 Å². The molecule has 0 unspecified atom stereocenters. The van der Waals surface area contributed by atoms with Crippen molar-refractivity contribution in [2.75, 3.05) is 19.6 Å². The van der Waals surface area contributed by atoms with E-state index in [-0.39, 0.29) is 11.6 Å². The van der Waals surface area contributed by atoms with Crippen molar-refractivity contribution in [3.8, 4) is 5.69 Å². The van der Waals surface area contributed by atoms with Gasteiger partial charge in [-0.15, -0.1) is 0 Å². The quantitative estimate of drug-likeness (QED) is 0.434. The average molecular weight is 415 g/mol. The number of ketones is 2. The number of hydrogen-bond donors (Lipinski definition) is 0. The molecule has 1 fully saturated rings. The monoisotopic (exact) mass is 414 g/mol. The summed E-state index contributed by atoms with van der Waals surface area (Å²) >= 11 is 0. The molecule has 3 aromatic rings. The fourth-order valence-corrected chi connectivity index (χ4v) is 4.45. The highest BCUT2D eigenvalue weighted by Gasteiger charge is 2.24. The maximum absolute atomic E-state index is 13.4. The Morgan fingerprint density at radius 1 is 1.13 bits per heavy atom. The van der Waals surface area contributed by atoms with Crippen LogP contribution in [0.1, 0.15) is 47.8 Å². The lowest BCUT2D eigenvalue weighted by Gasteiger charge is -2.25. The van der Waals surface area contributed by atoms with Crippen molar-refractivity contribution in [2.24, 2.45) is 0 Å². The Balaban J connectivity index is 1.83. The minimum atomic E-state index is 0.0683. The maximum atomic E-state index is 13.4. The van der Waals surface area contributed by atoms with Crippen molar-refractivity contribution in [3.05, 3.63) is 64.8 Å². The van der Waals surface area contributed by atoms with Gasteiger partial charge in [0.05, 0.1) is 29.7 Å². The molecule has 4 rings (SSSR count). The van der Waals surface area contributed by atoms with Gasteiger partial charge in [-0.3, -0.25) is 19.5 Å². The molecule has 2 aromatic heterocycles. The summed E-state index contributed by atoms with van der Waals surface area (Å²) in [6, 6.07) is 9.27. The second-order valence-corrected chi connectivity index (χ2v) is 8.27. The second-order valence-electron chi connectivity index (χ2n) is 8.27. The highest BCUT2D eigenvalue weighted by Crippen LogP contribution is 2.30. The normalized spacial score (nSPS) is 14.5. The van der Waals surface area contributed by atoms with Gasteiger partial charge in [0.2, 0.25) is 0 Å². The number of benzene rings is 1. The van der Waals surface area contributed by atoms with E-state index in [0.717, 1.165) is 48.4 Å². The summed E-state index contributed by atoms with van der Waals surface area (Å²) in [5.74, 6) is 0.145. The first kappa shape index (κ1) is 21.0. The molecule has 0 radical (unpaired) electrons. The van der Waals surface area contributed by atoms with Crippen LogP contribution in [0, 0.1) is 13.5 Å². The molecule has 1 aliphatic heterocycles. The number of pyridine rings is 1. The van der Waals surface area contributed by atoms with E-state index in [1.54, 1.807) is 25.3 Å². The minimum absolute atomic E-state index is 0.0683. The first-order chi connectivity index (χ1) is 15.0. The summed E-state index contributed by atoms with van der Waals surface area (Å²) < 4.78 is 2.02. The van der Waals surface area contributed by atoms with E-state index < -0.39 is 0 Å². The van der Waals surface area contributed by atoms with Crippen molar-refractivity contribution >= 4 is 28.3 Å². The largest absolute Gasteiger partial charge is 0.312 e. The molecular formula is C25H26N4O2. The Hall–Kier alpha value is -3.30. The van der Waals surface area contributed by atoms with Crippen LogP contribution in [0.15, 0.2) is 36.5 Å². The standard InChI is InChI=1S/C25H26N4O2/c1-17(30)13-19-14-22-25(27-15-19)24(23(31)16-28-11-5-4-6-12-28)18(2)29(22)21-9-7-20(26-3)8-10-21/h7-10,14-15H,4-6,11-13,16H2,1-2H3. The number of rotatable bonds is 6. The van der Waals surface area contributed by atoms with Crippen molar-refractivity contribution in [1.82, 2.24) is 14.5 Å². The predicted molar refractivity (Wildman–Crippen MR) is 121 cm³/mol. The molecule has 6 heteroatoms. The number of hydrogen-bond acceptors (Lipinski definition) is 4. The van der Waals surface area contributed by atoms with E-state index in [4.69, 9.17) is 6.57 Å². The van der Waals surface area contributed by atoms with Crippen molar-refractivity contribution < 1.29 is 9.59 Å². The molecule has 31 heavy (non-hydrogen) atoms. The molecule has 0 spiro atoms. The zero-order chi connectivity index (χ0) is 22.0. The number of aromatic nitrogens is 2. The number of likely N-dealkylation sites (tertiary alicyclic amines) is 1. The van der Waals surface area contributed by atoms with E-state index in [2.05, 4.69) is 14.7 Å². The first-order valence-electron chi connectivity index (χ1n) is 10.7. The molecule has 158 valence electrons. The smallest absolute Gasteiger partial charge is 0.187 e. The summed E-state index contributed by atoms with van der Waals surface area (Å²) in [6.45, 7) is 13.0. The number of piperidine rings is 1. The van der Waals surface area contributed by atoms with Crippen molar-refractivity contribution in [2.45, 2.75) is 39.5 Å². The molecule has 0 bridgehead atoms.